The van der Waals surface area contributed by atoms with Crippen molar-refractivity contribution in [2.45, 2.75) is 24.3 Å². The van der Waals surface area contributed by atoms with Gasteiger partial charge in [-0.1, -0.05) is 42.5 Å². The highest BCUT2D eigenvalue weighted by Gasteiger charge is 2.28. The molecule has 184 valence electrons. The van der Waals surface area contributed by atoms with Gasteiger partial charge in [0.1, 0.15) is 22.5 Å². The Bertz CT molecular complexity index is 1250. The summed E-state index contributed by atoms with van der Waals surface area (Å²) in [5.74, 6) is -1.36. The summed E-state index contributed by atoms with van der Waals surface area (Å²) in [5, 5.41) is 5.29. The quantitative estimate of drug-likeness (QED) is 0.376. The fourth-order valence-corrected chi connectivity index (χ4v) is 4.49. The van der Waals surface area contributed by atoms with Gasteiger partial charge in [-0.3, -0.25) is 9.59 Å². The van der Waals surface area contributed by atoms with Crippen LogP contribution in [-0.2, 0) is 26.0 Å². The van der Waals surface area contributed by atoms with Crippen molar-refractivity contribution in [3.63, 3.8) is 0 Å². The molecule has 0 spiro atoms. The van der Waals surface area contributed by atoms with Crippen molar-refractivity contribution in [3.8, 4) is 5.75 Å². The van der Waals surface area contributed by atoms with Crippen molar-refractivity contribution in [1.82, 2.24) is 10.0 Å². The van der Waals surface area contributed by atoms with Crippen molar-refractivity contribution in [3.05, 3.63) is 90.2 Å². The lowest BCUT2D eigenvalue weighted by Gasteiger charge is -2.19. The Labute approximate surface area is 203 Å². The number of nitrogens with one attached hydrogen (secondary N) is 3. The van der Waals surface area contributed by atoms with E-state index in [0.29, 0.717) is 18.0 Å². The molecule has 0 saturated carbocycles. The van der Waals surface area contributed by atoms with Crippen LogP contribution in [0.1, 0.15) is 12.5 Å². The van der Waals surface area contributed by atoms with E-state index in [1.54, 1.807) is 61.5 Å². The van der Waals surface area contributed by atoms with E-state index in [4.69, 9.17) is 4.74 Å². The summed E-state index contributed by atoms with van der Waals surface area (Å²) in [6, 6.07) is 18.9. The van der Waals surface area contributed by atoms with Gasteiger partial charge < -0.3 is 15.4 Å². The van der Waals surface area contributed by atoms with Crippen LogP contribution in [0.5, 0.6) is 5.75 Å². The molecule has 0 aliphatic rings. The van der Waals surface area contributed by atoms with Crippen LogP contribution in [-0.4, -0.2) is 39.4 Å². The fourth-order valence-electron chi connectivity index (χ4n) is 3.21. The summed E-state index contributed by atoms with van der Waals surface area (Å²) < 4.78 is 47.6. The fraction of sp³-hybridized carbons (Fsp3) is 0.200. The third-order valence-corrected chi connectivity index (χ3v) is 6.39. The van der Waals surface area contributed by atoms with Crippen LogP contribution in [0.2, 0.25) is 0 Å². The van der Waals surface area contributed by atoms with Crippen molar-refractivity contribution in [1.29, 1.82) is 0 Å². The molecule has 8 nitrogen and oxygen atoms in total. The number of ether oxygens (including phenoxy) is 1. The highest BCUT2D eigenvalue weighted by atomic mass is 32.2. The molecule has 1 unspecified atom stereocenters. The molecule has 10 heteroatoms. The molecule has 3 aromatic carbocycles. The lowest BCUT2D eigenvalue weighted by Crippen LogP contribution is -2.45. The summed E-state index contributed by atoms with van der Waals surface area (Å²) in [4.78, 5) is 24.0. The molecule has 0 heterocycles. The SMILES string of the molecule is CCNC(=O)COc1ccc(NC(=O)C(Cc2ccccc2)NS(=O)(=O)c2ccccc2F)cc1. The minimum atomic E-state index is -4.32. The molecule has 2 amide bonds. The van der Waals surface area contributed by atoms with Crippen LogP contribution in [0.25, 0.3) is 0 Å². The standard InChI is InChI=1S/C25H26FN3O5S/c1-2-27-24(30)17-34-20-14-12-19(13-15-20)28-25(31)22(16-18-8-4-3-5-9-18)29-35(32,33)23-11-7-6-10-21(23)26/h3-15,22,29H,2,16-17H2,1H3,(H,27,30)(H,28,31). The molecule has 3 aromatic rings. The maximum absolute atomic E-state index is 14.1. The van der Waals surface area contributed by atoms with Gasteiger partial charge in [-0.2, -0.15) is 4.72 Å². The molecule has 0 bridgehead atoms. The molecule has 35 heavy (non-hydrogen) atoms. The average Bonchev–Trinajstić information content (AvgIpc) is 2.84. The van der Waals surface area contributed by atoms with Crippen molar-refractivity contribution in [2.24, 2.45) is 0 Å². The van der Waals surface area contributed by atoms with E-state index < -0.39 is 32.7 Å². The molecule has 0 aliphatic carbocycles. The maximum atomic E-state index is 14.1. The number of carbonyl (C=O) groups is 2. The molecule has 3 rings (SSSR count). The molecule has 0 radical (unpaired) electrons. The van der Waals surface area contributed by atoms with Gasteiger partial charge in [-0.25, -0.2) is 12.8 Å². The number of rotatable bonds is 11. The zero-order valence-electron chi connectivity index (χ0n) is 19.0. The van der Waals surface area contributed by atoms with Gasteiger partial charge >= 0.3 is 0 Å². The van der Waals surface area contributed by atoms with E-state index in [9.17, 15) is 22.4 Å². The molecule has 3 N–H and O–H groups in total. The number of amides is 2. The number of hydrogen-bond donors (Lipinski definition) is 3. The first-order valence-corrected chi connectivity index (χ1v) is 12.4. The third kappa shape index (κ3) is 7.62. The van der Waals surface area contributed by atoms with Crippen LogP contribution < -0.4 is 20.1 Å². The number of anilines is 1. The summed E-state index contributed by atoms with van der Waals surface area (Å²) in [5.41, 5.74) is 1.11. The predicted molar refractivity (Wildman–Crippen MR) is 130 cm³/mol. The monoisotopic (exact) mass is 499 g/mol. The maximum Gasteiger partial charge on any atom is 0.257 e. The normalized spacial score (nSPS) is 11.9. The largest absolute Gasteiger partial charge is 0.484 e. The van der Waals surface area contributed by atoms with Gasteiger partial charge in [0.05, 0.1) is 0 Å². The Morgan fingerprint density at radius 3 is 2.26 bits per heavy atom. The van der Waals surface area contributed by atoms with Gasteiger partial charge in [0, 0.05) is 12.2 Å². The Morgan fingerprint density at radius 1 is 0.943 bits per heavy atom. The van der Waals surface area contributed by atoms with Gasteiger partial charge in [-0.05, 0) is 55.3 Å². The van der Waals surface area contributed by atoms with Crippen molar-refractivity contribution in [2.75, 3.05) is 18.5 Å². The second kappa shape index (κ2) is 12.1. The minimum Gasteiger partial charge on any atom is -0.484 e. The molecular formula is C25H26FN3O5S. The van der Waals surface area contributed by atoms with Crippen LogP contribution in [0.4, 0.5) is 10.1 Å². The minimum absolute atomic E-state index is 0.0497. The summed E-state index contributed by atoms with van der Waals surface area (Å²) in [7, 11) is -4.32. The van der Waals surface area contributed by atoms with E-state index in [-0.39, 0.29) is 18.9 Å². The van der Waals surface area contributed by atoms with E-state index in [1.165, 1.54) is 12.1 Å². The highest BCUT2D eigenvalue weighted by molar-refractivity contribution is 7.89. The second-order valence-corrected chi connectivity index (χ2v) is 9.23. The highest BCUT2D eigenvalue weighted by Crippen LogP contribution is 2.18. The average molecular weight is 500 g/mol. The molecule has 0 aromatic heterocycles. The predicted octanol–water partition coefficient (Wildman–Crippen LogP) is 2.87. The first kappa shape index (κ1) is 25.9. The van der Waals surface area contributed by atoms with Crippen LogP contribution in [0.15, 0.2) is 83.8 Å². The molecule has 0 saturated heterocycles. The van der Waals surface area contributed by atoms with Crippen LogP contribution in [0, 0.1) is 5.82 Å². The molecule has 0 fully saturated rings. The summed E-state index contributed by atoms with van der Waals surface area (Å²) in [6.07, 6.45) is 0.0497. The van der Waals surface area contributed by atoms with Crippen LogP contribution >= 0.6 is 0 Å². The van der Waals surface area contributed by atoms with E-state index in [0.717, 1.165) is 17.7 Å². The Hall–Kier alpha value is -3.76. The smallest absolute Gasteiger partial charge is 0.257 e. The lowest BCUT2D eigenvalue weighted by atomic mass is 10.1. The zero-order chi connectivity index (χ0) is 25.3. The Balaban J connectivity index is 1.74. The first-order chi connectivity index (χ1) is 16.8. The van der Waals surface area contributed by atoms with Crippen molar-refractivity contribution < 1.29 is 27.1 Å². The second-order valence-electron chi connectivity index (χ2n) is 7.55. The topological polar surface area (TPSA) is 114 Å². The number of benzene rings is 3. The number of sulfonamides is 1. The van der Waals surface area contributed by atoms with Gasteiger partial charge in [-0.15, -0.1) is 0 Å². The van der Waals surface area contributed by atoms with E-state index in [1.807, 2.05) is 0 Å². The van der Waals surface area contributed by atoms with E-state index in [2.05, 4.69) is 15.4 Å². The Morgan fingerprint density at radius 2 is 1.60 bits per heavy atom. The van der Waals surface area contributed by atoms with E-state index >= 15 is 0 Å². The zero-order valence-corrected chi connectivity index (χ0v) is 19.8. The number of hydrogen-bond acceptors (Lipinski definition) is 5. The number of likely N-dealkylation sites (N-methyl/N-ethyl adjacent to an activating group) is 1. The van der Waals surface area contributed by atoms with Gasteiger partial charge in [0.15, 0.2) is 6.61 Å². The van der Waals surface area contributed by atoms with Crippen molar-refractivity contribution >= 4 is 27.5 Å². The molecule has 1 atom stereocenters. The first-order valence-electron chi connectivity index (χ1n) is 10.9. The number of carbonyl (C=O) groups excluding carboxylic acids is 2. The summed E-state index contributed by atoms with van der Waals surface area (Å²) in [6.45, 7) is 2.16. The molecule has 0 aliphatic heterocycles. The summed E-state index contributed by atoms with van der Waals surface area (Å²) >= 11 is 0. The molecular weight excluding hydrogens is 473 g/mol. The lowest BCUT2D eigenvalue weighted by molar-refractivity contribution is -0.123. The van der Waals surface area contributed by atoms with Gasteiger partial charge in [0.2, 0.25) is 15.9 Å². The van der Waals surface area contributed by atoms with Gasteiger partial charge in [0.25, 0.3) is 5.91 Å². The Kier molecular flexibility index (Phi) is 8.93. The third-order valence-electron chi connectivity index (χ3n) is 4.89. The van der Waals surface area contributed by atoms with Crippen LogP contribution in [0.3, 0.4) is 0 Å². The number of halogens is 1.